The van der Waals surface area contributed by atoms with Crippen molar-refractivity contribution in [3.05, 3.63) is 39.3 Å². The highest BCUT2D eigenvalue weighted by Gasteiger charge is 2.24. The fourth-order valence-electron chi connectivity index (χ4n) is 2.66. The van der Waals surface area contributed by atoms with E-state index in [0.717, 1.165) is 35.7 Å². The minimum atomic E-state index is -3.48. The van der Waals surface area contributed by atoms with Crippen LogP contribution in [-0.4, -0.2) is 30.0 Å². The van der Waals surface area contributed by atoms with E-state index >= 15 is 0 Å². The maximum absolute atomic E-state index is 12.7. The molecule has 5 nitrogen and oxygen atoms in total. The zero-order valence-corrected chi connectivity index (χ0v) is 14.4. The molecular weight excluding hydrogens is 318 g/mol. The van der Waals surface area contributed by atoms with Crippen LogP contribution in [0.2, 0.25) is 0 Å². The number of sulfonamides is 1. The summed E-state index contributed by atoms with van der Waals surface area (Å²) in [6.07, 6.45) is 3.95. The van der Waals surface area contributed by atoms with Crippen LogP contribution in [0.25, 0.3) is 0 Å². The van der Waals surface area contributed by atoms with Gasteiger partial charge in [0.25, 0.3) is 0 Å². The first-order valence-corrected chi connectivity index (χ1v) is 9.65. The van der Waals surface area contributed by atoms with E-state index in [-0.39, 0.29) is 6.54 Å². The van der Waals surface area contributed by atoms with Gasteiger partial charge < -0.3 is 0 Å². The molecular formula is C15H19N3O2S2. The summed E-state index contributed by atoms with van der Waals surface area (Å²) in [5.41, 5.74) is 2.44. The topological polar surface area (TPSA) is 63.2 Å². The molecule has 0 saturated carbocycles. The molecule has 22 heavy (non-hydrogen) atoms. The van der Waals surface area contributed by atoms with Gasteiger partial charge in [-0.3, -0.25) is 0 Å². The smallest absolute Gasteiger partial charge is 0.207 e. The Morgan fingerprint density at radius 1 is 1.18 bits per heavy atom. The zero-order valence-electron chi connectivity index (χ0n) is 12.7. The van der Waals surface area contributed by atoms with E-state index in [1.54, 1.807) is 13.1 Å². The summed E-state index contributed by atoms with van der Waals surface area (Å²) < 4.78 is 26.7. The minimum absolute atomic E-state index is 0.261. The van der Waals surface area contributed by atoms with Crippen molar-refractivity contribution in [3.8, 4) is 0 Å². The van der Waals surface area contributed by atoms with Crippen LogP contribution < -0.4 is 0 Å². The van der Waals surface area contributed by atoms with Crippen molar-refractivity contribution in [3.63, 3.8) is 0 Å². The van der Waals surface area contributed by atoms with Gasteiger partial charge in [-0.25, -0.2) is 8.42 Å². The molecule has 7 heteroatoms. The standard InChI is InChI=1S/C15H19N3O2S2/c1-3-14-16-17-15(21-14)10-18(2)22(19,20)13-8-7-11-5-4-6-12(11)9-13/h7-9H,3-6,10H2,1-2H3. The summed E-state index contributed by atoms with van der Waals surface area (Å²) in [5, 5.41) is 9.75. The monoisotopic (exact) mass is 337 g/mol. The molecule has 0 unspecified atom stereocenters. The van der Waals surface area contributed by atoms with Crippen LogP contribution in [0, 0.1) is 0 Å². The molecule has 1 aliphatic carbocycles. The van der Waals surface area contributed by atoms with E-state index in [9.17, 15) is 8.42 Å². The van der Waals surface area contributed by atoms with Crippen LogP contribution in [0.1, 0.15) is 34.5 Å². The molecule has 0 saturated heterocycles. The first-order chi connectivity index (χ1) is 10.5. The Morgan fingerprint density at radius 3 is 2.64 bits per heavy atom. The van der Waals surface area contributed by atoms with Crippen molar-refractivity contribution in [1.29, 1.82) is 0 Å². The molecule has 1 aliphatic rings. The molecule has 0 amide bonds. The van der Waals surface area contributed by atoms with Gasteiger partial charge in [-0.15, -0.1) is 21.5 Å². The first-order valence-electron chi connectivity index (χ1n) is 7.40. The number of nitrogens with zero attached hydrogens (tertiary/aromatic N) is 3. The quantitative estimate of drug-likeness (QED) is 0.840. The summed E-state index contributed by atoms with van der Waals surface area (Å²) in [5.74, 6) is 0. The molecule has 0 aliphatic heterocycles. The summed E-state index contributed by atoms with van der Waals surface area (Å²) in [4.78, 5) is 0.371. The van der Waals surface area contributed by atoms with Crippen LogP contribution in [0.3, 0.4) is 0 Å². The molecule has 1 aromatic carbocycles. The highest BCUT2D eigenvalue weighted by Crippen LogP contribution is 2.26. The Bertz CT molecular complexity index is 784. The second kappa shape index (κ2) is 6.06. The van der Waals surface area contributed by atoms with Crippen molar-refractivity contribution in [2.75, 3.05) is 7.05 Å². The number of benzene rings is 1. The molecule has 1 aromatic heterocycles. The number of fused-ring (bicyclic) bond motifs is 1. The van der Waals surface area contributed by atoms with E-state index in [0.29, 0.717) is 4.90 Å². The average molecular weight is 337 g/mol. The second-order valence-electron chi connectivity index (χ2n) is 5.49. The van der Waals surface area contributed by atoms with Crippen molar-refractivity contribution in [2.45, 2.75) is 44.0 Å². The fourth-order valence-corrected chi connectivity index (χ4v) is 4.76. The van der Waals surface area contributed by atoms with Crippen molar-refractivity contribution in [2.24, 2.45) is 0 Å². The normalized spacial score (nSPS) is 14.5. The lowest BCUT2D eigenvalue weighted by atomic mass is 10.1. The van der Waals surface area contributed by atoms with Crippen LogP contribution in [0.4, 0.5) is 0 Å². The fraction of sp³-hybridized carbons (Fsp3) is 0.467. The van der Waals surface area contributed by atoms with Gasteiger partial charge in [0.15, 0.2) is 0 Å². The highest BCUT2D eigenvalue weighted by molar-refractivity contribution is 7.89. The minimum Gasteiger partial charge on any atom is -0.207 e. The van der Waals surface area contributed by atoms with E-state index in [2.05, 4.69) is 10.2 Å². The summed E-state index contributed by atoms with van der Waals surface area (Å²) in [7, 11) is -1.89. The largest absolute Gasteiger partial charge is 0.243 e. The number of aromatic nitrogens is 2. The van der Waals surface area contributed by atoms with Crippen molar-refractivity contribution in [1.82, 2.24) is 14.5 Å². The average Bonchev–Trinajstić information content (AvgIpc) is 3.14. The van der Waals surface area contributed by atoms with Crippen molar-refractivity contribution >= 4 is 21.4 Å². The Hall–Kier alpha value is -1.31. The van der Waals surface area contributed by atoms with Crippen LogP contribution in [0.5, 0.6) is 0 Å². The highest BCUT2D eigenvalue weighted by atomic mass is 32.2. The Labute approximate surface area is 135 Å². The molecule has 0 radical (unpaired) electrons. The number of hydrogen-bond acceptors (Lipinski definition) is 5. The van der Waals surface area contributed by atoms with Crippen LogP contribution in [-0.2, 0) is 35.8 Å². The van der Waals surface area contributed by atoms with Crippen LogP contribution in [0.15, 0.2) is 23.1 Å². The second-order valence-corrected chi connectivity index (χ2v) is 8.68. The van der Waals surface area contributed by atoms with E-state index in [4.69, 9.17) is 0 Å². The third kappa shape index (κ3) is 2.93. The summed E-state index contributed by atoms with van der Waals surface area (Å²) in [6.45, 7) is 2.27. The lowest BCUT2D eigenvalue weighted by Crippen LogP contribution is -2.26. The van der Waals surface area contributed by atoms with Gasteiger partial charge in [-0.05, 0) is 48.9 Å². The first kappa shape index (κ1) is 15.6. The third-order valence-corrected chi connectivity index (χ3v) is 6.80. The maximum Gasteiger partial charge on any atom is 0.243 e. The van der Waals surface area contributed by atoms with Gasteiger partial charge in [-0.2, -0.15) is 4.31 Å². The van der Waals surface area contributed by atoms with Gasteiger partial charge in [0.2, 0.25) is 10.0 Å². The Morgan fingerprint density at radius 2 is 1.91 bits per heavy atom. The molecule has 2 aromatic rings. The predicted molar refractivity (Wildman–Crippen MR) is 86.4 cm³/mol. The molecule has 0 atom stereocenters. The summed E-state index contributed by atoms with van der Waals surface area (Å²) in [6, 6.07) is 5.49. The molecule has 0 N–H and O–H groups in total. The molecule has 0 bridgehead atoms. The van der Waals surface area contributed by atoms with Gasteiger partial charge in [0, 0.05) is 7.05 Å². The van der Waals surface area contributed by atoms with Crippen LogP contribution >= 0.6 is 11.3 Å². The number of rotatable bonds is 5. The SMILES string of the molecule is CCc1nnc(CN(C)S(=O)(=O)c2ccc3c(c2)CCC3)s1. The lowest BCUT2D eigenvalue weighted by Gasteiger charge is -2.16. The molecule has 118 valence electrons. The zero-order chi connectivity index (χ0) is 15.7. The molecule has 3 rings (SSSR count). The van der Waals surface area contributed by atoms with Gasteiger partial charge in [0.05, 0.1) is 11.4 Å². The Kier molecular flexibility index (Phi) is 4.29. The van der Waals surface area contributed by atoms with Gasteiger partial charge in [-0.1, -0.05) is 13.0 Å². The van der Waals surface area contributed by atoms with E-state index in [1.165, 1.54) is 26.8 Å². The predicted octanol–water partition coefficient (Wildman–Crippen LogP) is 2.41. The number of aryl methyl sites for hydroxylation is 3. The maximum atomic E-state index is 12.7. The molecule has 0 spiro atoms. The molecule has 0 fully saturated rings. The van der Waals surface area contributed by atoms with Gasteiger partial charge in [0.1, 0.15) is 10.0 Å². The Balaban J connectivity index is 1.82. The molecule has 1 heterocycles. The third-order valence-electron chi connectivity index (χ3n) is 3.95. The van der Waals surface area contributed by atoms with Gasteiger partial charge >= 0.3 is 0 Å². The lowest BCUT2D eigenvalue weighted by molar-refractivity contribution is 0.464. The number of hydrogen-bond donors (Lipinski definition) is 0. The summed E-state index contributed by atoms with van der Waals surface area (Å²) >= 11 is 1.46. The van der Waals surface area contributed by atoms with Crippen molar-refractivity contribution < 1.29 is 8.42 Å². The van der Waals surface area contributed by atoms with E-state index < -0.39 is 10.0 Å². The van der Waals surface area contributed by atoms with E-state index in [1.807, 2.05) is 19.1 Å².